The fourth-order valence-electron chi connectivity index (χ4n) is 0.890. The lowest BCUT2D eigenvalue weighted by molar-refractivity contribution is -0.388. The van der Waals surface area contributed by atoms with Crippen molar-refractivity contribution in [3.05, 3.63) is 16.4 Å². The van der Waals surface area contributed by atoms with Crippen LogP contribution in [0.15, 0.2) is 6.33 Å². The van der Waals surface area contributed by atoms with E-state index in [0.717, 1.165) is 0 Å². The van der Waals surface area contributed by atoms with Crippen LogP contribution in [0.5, 0.6) is 0 Å². The van der Waals surface area contributed by atoms with E-state index in [1.165, 1.54) is 10.9 Å². The summed E-state index contributed by atoms with van der Waals surface area (Å²) in [5.74, 6) is 2.44. The van der Waals surface area contributed by atoms with E-state index in [4.69, 9.17) is 6.42 Å². The van der Waals surface area contributed by atoms with Crippen LogP contribution in [0.25, 0.3) is 0 Å². The van der Waals surface area contributed by atoms with Crippen molar-refractivity contribution in [3.8, 4) is 12.3 Å². The zero-order chi connectivity index (χ0) is 9.84. The van der Waals surface area contributed by atoms with Crippen molar-refractivity contribution in [1.29, 1.82) is 0 Å². The number of nitrogens with one attached hydrogen (secondary N) is 1. The fraction of sp³-hybridized carbons (Fsp3) is 0.286. The number of rotatable bonds is 3. The second kappa shape index (κ2) is 3.58. The predicted molar refractivity (Wildman–Crippen MR) is 47.2 cm³/mol. The van der Waals surface area contributed by atoms with Gasteiger partial charge in [-0.05, 0) is 9.91 Å². The smallest absolute Gasteiger partial charge is 0.358 e. The first-order chi connectivity index (χ1) is 6.16. The lowest BCUT2D eigenvalue weighted by atomic mass is 10.5. The Bertz CT molecular complexity index is 363. The normalized spacial score (nSPS) is 9.23. The van der Waals surface area contributed by atoms with Crippen molar-refractivity contribution in [1.82, 2.24) is 9.55 Å². The molecule has 1 aromatic heterocycles. The van der Waals surface area contributed by atoms with Crippen molar-refractivity contribution in [2.24, 2.45) is 7.05 Å². The molecule has 1 aromatic rings. The standard InChI is InChI=1S/C7H8N4O2/c1-3-4-8-6-7(11(12)13)9-5-10(6)2/h1,5,8H,4H2,2H3. The first-order valence-electron chi connectivity index (χ1n) is 3.50. The molecule has 0 fully saturated rings. The SMILES string of the molecule is C#CCNc1c([N+](=O)[O-])ncn1C. The molecule has 0 amide bonds. The summed E-state index contributed by atoms with van der Waals surface area (Å²) >= 11 is 0. The minimum Gasteiger partial charge on any atom is -0.358 e. The summed E-state index contributed by atoms with van der Waals surface area (Å²) in [4.78, 5) is 13.5. The molecule has 0 spiro atoms. The fourth-order valence-corrected chi connectivity index (χ4v) is 0.890. The molecule has 0 aliphatic rings. The number of hydrogen-bond donors (Lipinski definition) is 1. The summed E-state index contributed by atoms with van der Waals surface area (Å²) in [5, 5.41) is 13.2. The lowest BCUT2D eigenvalue weighted by Crippen LogP contribution is -2.05. The van der Waals surface area contributed by atoms with Crippen molar-refractivity contribution in [3.63, 3.8) is 0 Å². The summed E-state index contributed by atoms with van der Waals surface area (Å²) in [6, 6.07) is 0. The number of hydrogen-bond acceptors (Lipinski definition) is 4. The highest BCUT2D eigenvalue weighted by Gasteiger charge is 2.18. The molecule has 6 heteroatoms. The Morgan fingerprint density at radius 1 is 1.92 bits per heavy atom. The topological polar surface area (TPSA) is 73.0 Å². The largest absolute Gasteiger partial charge is 0.406 e. The van der Waals surface area contributed by atoms with Gasteiger partial charge in [0.15, 0.2) is 0 Å². The summed E-state index contributed by atoms with van der Waals surface area (Å²) in [7, 11) is 1.65. The molecule has 13 heavy (non-hydrogen) atoms. The summed E-state index contributed by atoms with van der Waals surface area (Å²) in [6.07, 6.45) is 6.37. The molecule has 0 atom stereocenters. The molecule has 0 saturated carbocycles. The highest BCUT2D eigenvalue weighted by atomic mass is 16.6. The first kappa shape index (κ1) is 9.06. The molecule has 1 rings (SSSR count). The number of anilines is 1. The van der Waals surface area contributed by atoms with Gasteiger partial charge < -0.3 is 15.4 Å². The summed E-state index contributed by atoms with van der Waals surface area (Å²) in [6.45, 7) is 0.236. The van der Waals surface area contributed by atoms with Crippen LogP contribution in [-0.2, 0) is 7.05 Å². The van der Waals surface area contributed by atoms with Crippen LogP contribution in [0, 0.1) is 22.5 Å². The molecule has 68 valence electrons. The monoisotopic (exact) mass is 180 g/mol. The highest BCUT2D eigenvalue weighted by molar-refractivity contribution is 5.52. The number of imidazole rings is 1. The molecule has 0 aliphatic heterocycles. The van der Waals surface area contributed by atoms with Crippen molar-refractivity contribution >= 4 is 11.6 Å². The molecular weight excluding hydrogens is 172 g/mol. The minimum absolute atomic E-state index is 0.210. The van der Waals surface area contributed by atoms with E-state index in [0.29, 0.717) is 5.82 Å². The quantitative estimate of drug-likeness (QED) is 0.414. The van der Waals surface area contributed by atoms with Crippen LogP contribution in [-0.4, -0.2) is 21.0 Å². The second-order valence-electron chi connectivity index (χ2n) is 2.34. The molecule has 0 aliphatic carbocycles. The molecular formula is C7H8N4O2. The second-order valence-corrected chi connectivity index (χ2v) is 2.34. The van der Waals surface area contributed by atoms with Crippen LogP contribution < -0.4 is 5.32 Å². The maximum Gasteiger partial charge on any atom is 0.406 e. The van der Waals surface area contributed by atoms with Gasteiger partial charge in [-0.2, -0.15) is 0 Å². The van der Waals surface area contributed by atoms with Crippen molar-refractivity contribution in [2.75, 3.05) is 11.9 Å². The number of terminal acetylenes is 1. The zero-order valence-electron chi connectivity index (χ0n) is 7.02. The maximum absolute atomic E-state index is 10.4. The summed E-state index contributed by atoms with van der Waals surface area (Å²) in [5.41, 5.74) is 0. The van der Waals surface area contributed by atoms with E-state index in [9.17, 15) is 10.1 Å². The molecule has 6 nitrogen and oxygen atoms in total. The Kier molecular flexibility index (Phi) is 2.50. The van der Waals surface area contributed by atoms with Gasteiger partial charge in [-0.1, -0.05) is 5.92 Å². The molecule has 1 N–H and O–H groups in total. The van der Waals surface area contributed by atoms with Gasteiger partial charge in [0.2, 0.25) is 12.1 Å². The van der Waals surface area contributed by atoms with Gasteiger partial charge in [0.05, 0.1) is 6.54 Å². The highest BCUT2D eigenvalue weighted by Crippen LogP contribution is 2.20. The van der Waals surface area contributed by atoms with Crippen LogP contribution in [0.3, 0.4) is 0 Å². The Balaban J connectivity index is 2.96. The molecule has 0 radical (unpaired) electrons. The third kappa shape index (κ3) is 1.76. The number of nitrogens with zero attached hydrogens (tertiary/aromatic N) is 3. The van der Waals surface area contributed by atoms with Crippen LogP contribution in [0.2, 0.25) is 0 Å². The Morgan fingerprint density at radius 2 is 2.62 bits per heavy atom. The molecule has 0 bridgehead atoms. The van der Waals surface area contributed by atoms with E-state index in [2.05, 4.69) is 16.2 Å². The Labute approximate surface area is 74.7 Å². The van der Waals surface area contributed by atoms with Gasteiger partial charge in [0.1, 0.15) is 0 Å². The predicted octanol–water partition coefficient (Wildman–Crippen LogP) is 0.373. The van der Waals surface area contributed by atoms with Crippen molar-refractivity contribution in [2.45, 2.75) is 0 Å². The van der Waals surface area contributed by atoms with E-state index >= 15 is 0 Å². The number of aromatic nitrogens is 2. The average molecular weight is 180 g/mol. The van der Waals surface area contributed by atoms with Crippen LogP contribution in [0.1, 0.15) is 0 Å². The zero-order valence-corrected chi connectivity index (χ0v) is 7.02. The number of nitro groups is 1. The van der Waals surface area contributed by atoms with Gasteiger partial charge in [0, 0.05) is 7.05 Å². The van der Waals surface area contributed by atoms with Crippen molar-refractivity contribution < 1.29 is 4.92 Å². The van der Waals surface area contributed by atoms with E-state index in [-0.39, 0.29) is 12.4 Å². The van der Waals surface area contributed by atoms with Gasteiger partial charge in [-0.3, -0.25) is 4.57 Å². The molecule has 0 saturated heterocycles. The van der Waals surface area contributed by atoms with Gasteiger partial charge in [-0.25, -0.2) is 0 Å². The Hall–Kier alpha value is -2.03. The Morgan fingerprint density at radius 3 is 3.15 bits per heavy atom. The van der Waals surface area contributed by atoms with Gasteiger partial charge >= 0.3 is 5.82 Å². The van der Waals surface area contributed by atoms with E-state index < -0.39 is 4.92 Å². The maximum atomic E-state index is 10.4. The molecule has 1 heterocycles. The summed E-state index contributed by atoms with van der Waals surface area (Å²) < 4.78 is 1.51. The number of aryl methyl sites for hydroxylation is 1. The third-order valence-corrected chi connectivity index (χ3v) is 1.45. The third-order valence-electron chi connectivity index (χ3n) is 1.45. The first-order valence-corrected chi connectivity index (χ1v) is 3.50. The molecule has 0 unspecified atom stereocenters. The van der Waals surface area contributed by atoms with Crippen LogP contribution in [0.4, 0.5) is 11.6 Å². The average Bonchev–Trinajstić information content (AvgIpc) is 2.43. The van der Waals surface area contributed by atoms with Gasteiger partial charge in [0.25, 0.3) is 0 Å². The van der Waals surface area contributed by atoms with Gasteiger partial charge in [-0.15, -0.1) is 6.42 Å². The van der Waals surface area contributed by atoms with E-state index in [1.807, 2.05) is 0 Å². The van der Waals surface area contributed by atoms with Crippen LogP contribution >= 0.6 is 0 Å². The van der Waals surface area contributed by atoms with E-state index in [1.54, 1.807) is 7.05 Å². The minimum atomic E-state index is -0.557. The lowest BCUT2D eigenvalue weighted by Gasteiger charge is -2.00. The molecule has 0 aromatic carbocycles.